The Balaban J connectivity index is 0.00000256. The van der Waals surface area contributed by atoms with Crippen LogP contribution in [0.1, 0.15) is 11.1 Å². The van der Waals surface area contributed by atoms with E-state index in [9.17, 15) is 8.42 Å². The molecule has 98 valence electrons. The van der Waals surface area contributed by atoms with Gasteiger partial charge in [-0.15, -0.1) is 12.4 Å². The number of aryl methyl sites for hydroxylation is 2. The number of hydrogen-bond donors (Lipinski definition) is 2. The van der Waals surface area contributed by atoms with Crippen LogP contribution in [0.3, 0.4) is 0 Å². The van der Waals surface area contributed by atoms with Crippen molar-refractivity contribution in [3.8, 4) is 0 Å². The average molecular weight is 279 g/mol. The first kappa shape index (κ1) is 16.4. The molecule has 0 atom stereocenters. The smallest absolute Gasteiger partial charge is 0.240 e. The van der Waals surface area contributed by atoms with Crippen LogP contribution >= 0.6 is 12.4 Å². The number of nitrogens with one attached hydrogen (secondary N) is 2. The fraction of sp³-hybridized carbons (Fsp3) is 0.455. The lowest BCUT2D eigenvalue weighted by atomic mass is 10.1. The van der Waals surface area contributed by atoms with Gasteiger partial charge in [0, 0.05) is 13.1 Å². The van der Waals surface area contributed by atoms with Crippen LogP contribution in [0.25, 0.3) is 0 Å². The van der Waals surface area contributed by atoms with Crippen molar-refractivity contribution < 1.29 is 8.42 Å². The maximum Gasteiger partial charge on any atom is 0.240 e. The van der Waals surface area contributed by atoms with Crippen molar-refractivity contribution in [2.75, 3.05) is 20.1 Å². The van der Waals surface area contributed by atoms with Crippen molar-refractivity contribution in [2.24, 2.45) is 0 Å². The molecule has 0 aromatic heterocycles. The molecule has 0 aliphatic rings. The normalized spacial score (nSPS) is 11.0. The van der Waals surface area contributed by atoms with Gasteiger partial charge in [0.1, 0.15) is 0 Å². The fourth-order valence-corrected chi connectivity index (χ4v) is 2.39. The van der Waals surface area contributed by atoms with E-state index in [1.165, 1.54) is 0 Å². The topological polar surface area (TPSA) is 58.2 Å². The molecule has 17 heavy (non-hydrogen) atoms. The van der Waals surface area contributed by atoms with E-state index in [1.54, 1.807) is 19.2 Å². The third-order valence-corrected chi connectivity index (χ3v) is 3.91. The molecular formula is C11H19ClN2O2S. The van der Waals surface area contributed by atoms with Gasteiger partial charge in [0.05, 0.1) is 4.90 Å². The molecule has 0 bridgehead atoms. The Labute approximate surface area is 109 Å². The summed E-state index contributed by atoms with van der Waals surface area (Å²) in [4.78, 5) is 0.326. The number of benzene rings is 1. The van der Waals surface area contributed by atoms with Gasteiger partial charge in [0.25, 0.3) is 0 Å². The van der Waals surface area contributed by atoms with Crippen molar-refractivity contribution in [1.82, 2.24) is 10.0 Å². The number of halogens is 1. The molecule has 0 spiro atoms. The number of rotatable bonds is 5. The van der Waals surface area contributed by atoms with Crippen LogP contribution in [-0.2, 0) is 10.0 Å². The Morgan fingerprint density at radius 1 is 1.12 bits per heavy atom. The Morgan fingerprint density at radius 3 is 2.29 bits per heavy atom. The number of hydrogen-bond acceptors (Lipinski definition) is 3. The molecular weight excluding hydrogens is 260 g/mol. The number of sulfonamides is 1. The predicted octanol–water partition coefficient (Wildman–Crippen LogP) is 1.22. The van der Waals surface area contributed by atoms with Crippen molar-refractivity contribution in [2.45, 2.75) is 18.7 Å². The Hall–Kier alpha value is -0.620. The van der Waals surface area contributed by atoms with Crippen molar-refractivity contribution in [3.05, 3.63) is 29.3 Å². The molecule has 0 amide bonds. The van der Waals surface area contributed by atoms with Crippen LogP contribution in [0.4, 0.5) is 0 Å². The van der Waals surface area contributed by atoms with E-state index in [2.05, 4.69) is 10.0 Å². The monoisotopic (exact) mass is 278 g/mol. The minimum Gasteiger partial charge on any atom is -0.318 e. The lowest BCUT2D eigenvalue weighted by molar-refractivity contribution is 0.579. The highest BCUT2D eigenvalue weighted by Crippen LogP contribution is 2.14. The highest BCUT2D eigenvalue weighted by atomic mass is 35.5. The van der Waals surface area contributed by atoms with Gasteiger partial charge < -0.3 is 5.32 Å². The largest absolute Gasteiger partial charge is 0.318 e. The molecule has 0 unspecified atom stereocenters. The molecule has 2 N–H and O–H groups in total. The summed E-state index contributed by atoms with van der Waals surface area (Å²) in [6.45, 7) is 4.87. The van der Waals surface area contributed by atoms with E-state index < -0.39 is 10.0 Å². The maximum atomic E-state index is 11.8. The molecule has 6 heteroatoms. The van der Waals surface area contributed by atoms with Gasteiger partial charge in [-0.05, 0) is 44.2 Å². The van der Waals surface area contributed by atoms with Gasteiger partial charge >= 0.3 is 0 Å². The molecule has 0 saturated carbocycles. The quantitative estimate of drug-likeness (QED) is 0.797. The molecule has 0 fully saturated rings. The lowest BCUT2D eigenvalue weighted by Crippen LogP contribution is -2.30. The maximum absolute atomic E-state index is 11.8. The summed E-state index contributed by atoms with van der Waals surface area (Å²) in [6.07, 6.45) is 0. The van der Waals surface area contributed by atoms with Crippen LogP contribution in [0, 0.1) is 13.8 Å². The van der Waals surface area contributed by atoms with Crippen LogP contribution in [0.15, 0.2) is 23.1 Å². The van der Waals surface area contributed by atoms with E-state index in [4.69, 9.17) is 0 Å². The van der Waals surface area contributed by atoms with Crippen LogP contribution in [0.5, 0.6) is 0 Å². The second kappa shape index (κ2) is 6.96. The third-order valence-electron chi connectivity index (χ3n) is 2.46. The Kier molecular flexibility index (Phi) is 6.70. The zero-order valence-corrected chi connectivity index (χ0v) is 11.9. The Morgan fingerprint density at radius 2 is 1.76 bits per heavy atom. The summed E-state index contributed by atoms with van der Waals surface area (Å²) < 4.78 is 26.2. The minimum absolute atomic E-state index is 0. The molecule has 1 aromatic rings. The minimum atomic E-state index is -3.36. The zero-order valence-electron chi connectivity index (χ0n) is 10.3. The summed E-state index contributed by atoms with van der Waals surface area (Å²) in [6, 6.07) is 5.14. The second-order valence-electron chi connectivity index (χ2n) is 3.75. The van der Waals surface area contributed by atoms with Gasteiger partial charge in [-0.3, -0.25) is 0 Å². The van der Waals surface area contributed by atoms with Gasteiger partial charge in [0.2, 0.25) is 10.0 Å². The van der Waals surface area contributed by atoms with Gasteiger partial charge in [-0.2, -0.15) is 0 Å². The standard InChI is InChI=1S/C11H18N2O2S.ClH/c1-9-4-5-11(8-10(9)2)16(14,15)13-7-6-12-3;/h4-5,8,12-13H,6-7H2,1-3H3;1H. The van der Waals surface area contributed by atoms with E-state index in [-0.39, 0.29) is 12.4 Å². The average Bonchev–Trinajstić information content (AvgIpc) is 2.22. The molecule has 1 rings (SSSR count). The zero-order chi connectivity index (χ0) is 12.2. The predicted molar refractivity (Wildman–Crippen MR) is 72.3 cm³/mol. The Bertz CT molecular complexity index is 461. The third kappa shape index (κ3) is 4.63. The van der Waals surface area contributed by atoms with E-state index in [0.717, 1.165) is 11.1 Å². The molecule has 0 saturated heterocycles. The summed E-state index contributed by atoms with van der Waals surface area (Å²) >= 11 is 0. The van der Waals surface area contributed by atoms with Gasteiger partial charge in [0.15, 0.2) is 0 Å². The first-order valence-corrected chi connectivity index (χ1v) is 6.67. The van der Waals surface area contributed by atoms with Gasteiger partial charge in [-0.1, -0.05) is 6.07 Å². The number of likely N-dealkylation sites (N-methyl/N-ethyl adjacent to an activating group) is 1. The molecule has 0 radical (unpaired) electrons. The molecule has 4 nitrogen and oxygen atoms in total. The summed E-state index contributed by atoms with van der Waals surface area (Å²) in [5.74, 6) is 0. The van der Waals surface area contributed by atoms with E-state index in [1.807, 2.05) is 19.9 Å². The van der Waals surface area contributed by atoms with Crippen LogP contribution in [0.2, 0.25) is 0 Å². The van der Waals surface area contributed by atoms with Crippen molar-refractivity contribution >= 4 is 22.4 Å². The summed E-state index contributed by atoms with van der Waals surface area (Å²) in [5.41, 5.74) is 2.07. The van der Waals surface area contributed by atoms with Crippen LogP contribution in [-0.4, -0.2) is 28.6 Å². The molecule has 0 aliphatic heterocycles. The molecule has 0 aliphatic carbocycles. The van der Waals surface area contributed by atoms with Crippen molar-refractivity contribution in [3.63, 3.8) is 0 Å². The van der Waals surface area contributed by atoms with Crippen LogP contribution < -0.4 is 10.0 Å². The van der Waals surface area contributed by atoms with Crippen molar-refractivity contribution in [1.29, 1.82) is 0 Å². The van der Waals surface area contributed by atoms with Gasteiger partial charge in [-0.25, -0.2) is 13.1 Å². The SMILES string of the molecule is CNCCNS(=O)(=O)c1ccc(C)c(C)c1.Cl. The second-order valence-corrected chi connectivity index (χ2v) is 5.51. The molecule has 0 heterocycles. The highest BCUT2D eigenvalue weighted by Gasteiger charge is 2.13. The van der Waals surface area contributed by atoms with E-state index in [0.29, 0.717) is 18.0 Å². The first-order chi connectivity index (χ1) is 7.47. The summed E-state index contributed by atoms with van der Waals surface area (Å²) in [7, 11) is -1.58. The first-order valence-electron chi connectivity index (χ1n) is 5.19. The molecule has 1 aromatic carbocycles. The lowest BCUT2D eigenvalue weighted by Gasteiger charge is -2.08. The summed E-state index contributed by atoms with van der Waals surface area (Å²) in [5, 5.41) is 2.89. The fourth-order valence-electron chi connectivity index (χ4n) is 1.27. The van der Waals surface area contributed by atoms with E-state index >= 15 is 0 Å². The highest BCUT2D eigenvalue weighted by molar-refractivity contribution is 7.89.